The lowest BCUT2D eigenvalue weighted by atomic mass is 10.1. The molecule has 6 heteroatoms. The van der Waals surface area contributed by atoms with E-state index in [1.807, 2.05) is 46.8 Å². The van der Waals surface area contributed by atoms with Gasteiger partial charge in [-0.15, -0.1) is 0 Å². The fourth-order valence-electron chi connectivity index (χ4n) is 2.58. The van der Waals surface area contributed by atoms with Crippen LogP contribution in [0, 0.1) is 19.8 Å². The Labute approximate surface area is 162 Å². The van der Waals surface area contributed by atoms with Gasteiger partial charge in [-0.1, -0.05) is 49.7 Å². The van der Waals surface area contributed by atoms with Gasteiger partial charge in [0.25, 0.3) is 10.0 Å². The van der Waals surface area contributed by atoms with Crippen LogP contribution in [0.2, 0.25) is 0 Å². The number of benzene rings is 2. The van der Waals surface area contributed by atoms with Gasteiger partial charge in [0.05, 0.1) is 10.6 Å². The zero-order valence-electron chi connectivity index (χ0n) is 16.6. The number of nitrogens with one attached hydrogen (secondary N) is 1. The van der Waals surface area contributed by atoms with E-state index in [1.54, 1.807) is 36.4 Å². The predicted octanol–water partition coefficient (Wildman–Crippen LogP) is 3.66. The molecule has 1 amide bonds. The van der Waals surface area contributed by atoms with E-state index in [4.69, 9.17) is 0 Å². The molecule has 0 aromatic heterocycles. The highest BCUT2D eigenvalue weighted by Crippen LogP contribution is 2.26. The zero-order chi connectivity index (χ0) is 20.2. The van der Waals surface area contributed by atoms with Gasteiger partial charge in [-0.25, -0.2) is 8.42 Å². The van der Waals surface area contributed by atoms with E-state index in [-0.39, 0.29) is 29.3 Å². The highest BCUT2D eigenvalue weighted by atomic mass is 32.2. The fraction of sp³-hybridized carbons (Fsp3) is 0.381. The lowest BCUT2D eigenvalue weighted by Gasteiger charge is -2.27. The summed E-state index contributed by atoms with van der Waals surface area (Å²) in [5, 5.41) is 2.89. The maximum atomic E-state index is 13.3. The Kier molecular flexibility index (Phi) is 6.65. The Morgan fingerprint density at radius 3 is 2.15 bits per heavy atom. The van der Waals surface area contributed by atoms with Gasteiger partial charge in [0.15, 0.2) is 0 Å². The summed E-state index contributed by atoms with van der Waals surface area (Å²) in [4.78, 5) is 12.7. The summed E-state index contributed by atoms with van der Waals surface area (Å²) in [5.41, 5.74) is 2.27. The summed E-state index contributed by atoms with van der Waals surface area (Å²) in [7, 11) is -3.87. The molecule has 0 aliphatic rings. The summed E-state index contributed by atoms with van der Waals surface area (Å²) in [6.07, 6.45) is 0. The Hall–Kier alpha value is -2.34. The van der Waals surface area contributed by atoms with E-state index in [9.17, 15) is 13.2 Å². The molecule has 0 aliphatic carbocycles. The molecule has 0 radical (unpaired) electrons. The molecule has 0 saturated heterocycles. The molecule has 0 heterocycles. The van der Waals surface area contributed by atoms with Crippen LogP contribution in [0.15, 0.2) is 53.4 Å². The van der Waals surface area contributed by atoms with Crippen molar-refractivity contribution < 1.29 is 13.2 Å². The molecule has 0 saturated carbocycles. The van der Waals surface area contributed by atoms with Crippen LogP contribution in [-0.2, 0) is 14.8 Å². The second-order valence-corrected chi connectivity index (χ2v) is 9.07. The molecule has 0 spiro atoms. The maximum absolute atomic E-state index is 13.3. The van der Waals surface area contributed by atoms with Crippen LogP contribution < -0.4 is 9.62 Å². The van der Waals surface area contributed by atoms with Crippen molar-refractivity contribution in [1.29, 1.82) is 0 Å². The number of anilines is 1. The molecule has 0 fully saturated rings. The Bertz CT molecular complexity index is 890. The van der Waals surface area contributed by atoms with Crippen LogP contribution >= 0.6 is 0 Å². The Morgan fingerprint density at radius 2 is 1.59 bits per heavy atom. The molecule has 0 aliphatic heterocycles. The average molecular weight is 389 g/mol. The Balaban J connectivity index is 2.43. The number of hydrogen-bond acceptors (Lipinski definition) is 3. The lowest BCUT2D eigenvalue weighted by Crippen LogP contribution is -2.45. The molecule has 1 atom stereocenters. The number of carbonyl (C=O) groups excluding carboxylic acids is 1. The highest BCUT2D eigenvalue weighted by Gasteiger charge is 2.28. The molecular formula is C21H28N2O3S. The van der Waals surface area contributed by atoms with Crippen LogP contribution in [0.5, 0.6) is 0 Å². The summed E-state index contributed by atoms with van der Waals surface area (Å²) < 4.78 is 27.8. The van der Waals surface area contributed by atoms with Crippen molar-refractivity contribution in [3.8, 4) is 0 Å². The zero-order valence-corrected chi connectivity index (χ0v) is 17.4. The molecular weight excluding hydrogens is 360 g/mol. The van der Waals surface area contributed by atoms with E-state index >= 15 is 0 Å². The first kappa shape index (κ1) is 21.0. The van der Waals surface area contributed by atoms with E-state index in [1.165, 1.54) is 4.31 Å². The molecule has 2 aromatic rings. The minimum Gasteiger partial charge on any atom is -0.352 e. The van der Waals surface area contributed by atoms with Gasteiger partial charge in [-0.2, -0.15) is 0 Å². The molecule has 1 N–H and O–H groups in total. The molecule has 0 bridgehead atoms. The summed E-state index contributed by atoms with van der Waals surface area (Å²) in [5.74, 6) is -0.0651. The monoisotopic (exact) mass is 388 g/mol. The van der Waals surface area contributed by atoms with Crippen LogP contribution in [0.1, 0.15) is 31.9 Å². The fourth-order valence-corrected chi connectivity index (χ4v) is 4.06. The van der Waals surface area contributed by atoms with Gasteiger partial charge >= 0.3 is 0 Å². The van der Waals surface area contributed by atoms with Gasteiger partial charge in [-0.3, -0.25) is 9.10 Å². The number of hydrogen-bond donors (Lipinski definition) is 1. The minimum atomic E-state index is -3.87. The van der Waals surface area contributed by atoms with Crippen LogP contribution in [0.25, 0.3) is 0 Å². The molecule has 2 aromatic carbocycles. The number of nitrogens with zero attached hydrogens (tertiary/aromatic N) is 1. The van der Waals surface area contributed by atoms with Crippen molar-refractivity contribution in [2.75, 3.05) is 10.8 Å². The quantitative estimate of drug-likeness (QED) is 0.787. The lowest BCUT2D eigenvalue weighted by molar-refractivity contribution is -0.120. The van der Waals surface area contributed by atoms with E-state index in [2.05, 4.69) is 5.32 Å². The molecule has 2 rings (SSSR count). The van der Waals surface area contributed by atoms with Gasteiger partial charge in [-0.05, 0) is 50.5 Å². The second kappa shape index (κ2) is 8.57. The number of carbonyl (C=O) groups is 1. The van der Waals surface area contributed by atoms with Gasteiger partial charge in [0.2, 0.25) is 5.91 Å². The standard InChI is InChI=1S/C21H28N2O3S/c1-15(2)18(5)22-21(24)14-23(20-9-7-6-8-17(20)4)27(25,26)19-12-10-16(3)11-13-19/h6-13,15,18H,14H2,1-5H3,(H,22,24). The van der Waals surface area contributed by atoms with Crippen LogP contribution in [0.4, 0.5) is 5.69 Å². The van der Waals surface area contributed by atoms with Crippen molar-refractivity contribution in [2.45, 2.75) is 45.6 Å². The number of para-hydroxylation sites is 1. The minimum absolute atomic E-state index is 0.0432. The summed E-state index contributed by atoms with van der Waals surface area (Å²) >= 11 is 0. The topological polar surface area (TPSA) is 66.5 Å². The summed E-state index contributed by atoms with van der Waals surface area (Å²) in [6.45, 7) is 9.39. The number of amides is 1. The normalized spacial score (nSPS) is 12.7. The van der Waals surface area contributed by atoms with Crippen molar-refractivity contribution in [3.05, 3.63) is 59.7 Å². The van der Waals surface area contributed by atoms with Crippen LogP contribution in [0.3, 0.4) is 0 Å². The predicted molar refractivity (Wildman–Crippen MR) is 109 cm³/mol. The summed E-state index contributed by atoms with van der Waals surface area (Å²) in [6, 6.07) is 13.8. The van der Waals surface area contributed by atoms with Crippen LogP contribution in [-0.4, -0.2) is 26.9 Å². The first-order valence-electron chi connectivity index (χ1n) is 9.07. The molecule has 146 valence electrons. The number of aryl methyl sites for hydroxylation is 2. The van der Waals surface area contributed by atoms with E-state index in [0.29, 0.717) is 5.69 Å². The third kappa shape index (κ3) is 5.10. The largest absolute Gasteiger partial charge is 0.352 e. The third-order valence-electron chi connectivity index (χ3n) is 4.67. The molecule has 1 unspecified atom stereocenters. The number of sulfonamides is 1. The SMILES string of the molecule is Cc1ccc(S(=O)(=O)N(CC(=O)NC(C)C(C)C)c2ccccc2C)cc1. The third-order valence-corrected chi connectivity index (χ3v) is 6.44. The van der Waals surface area contributed by atoms with Gasteiger partial charge < -0.3 is 5.32 Å². The average Bonchev–Trinajstić information content (AvgIpc) is 2.60. The number of rotatable bonds is 7. The van der Waals surface area contributed by atoms with Gasteiger partial charge in [0.1, 0.15) is 6.54 Å². The smallest absolute Gasteiger partial charge is 0.264 e. The van der Waals surface area contributed by atoms with Crippen molar-refractivity contribution in [2.24, 2.45) is 5.92 Å². The Morgan fingerprint density at radius 1 is 1.00 bits per heavy atom. The van der Waals surface area contributed by atoms with Crippen molar-refractivity contribution in [1.82, 2.24) is 5.32 Å². The highest BCUT2D eigenvalue weighted by molar-refractivity contribution is 7.92. The molecule has 27 heavy (non-hydrogen) atoms. The van der Waals surface area contributed by atoms with E-state index < -0.39 is 10.0 Å². The van der Waals surface area contributed by atoms with Gasteiger partial charge in [0, 0.05) is 6.04 Å². The first-order valence-corrected chi connectivity index (χ1v) is 10.5. The first-order chi connectivity index (χ1) is 12.6. The van der Waals surface area contributed by atoms with E-state index in [0.717, 1.165) is 11.1 Å². The van der Waals surface area contributed by atoms with Crippen molar-refractivity contribution in [3.63, 3.8) is 0 Å². The van der Waals surface area contributed by atoms with Crippen molar-refractivity contribution >= 4 is 21.6 Å². The maximum Gasteiger partial charge on any atom is 0.264 e. The second-order valence-electron chi connectivity index (χ2n) is 7.21. The molecule has 5 nitrogen and oxygen atoms in total.